The molecule has 1 aromatic rings. The largest absolute Gasteiger partial charge is 0.319 e. The molecule has 0 saturated carbocycles. The van der Waals surface area contributed by atoms with Crippen LogP contribution in [-0.2, 0) is 0 Å². The number of nitrogens with one attached hydrogen (secondary N) is 1. The number of rotatable bonds is 5. The Morgan fingerprint density at radius 3 is 3.00 bits per heavy atom. The van der Waals surface area contributed by atoms with Crippen molar-refractivity contribution in [3.8, 4) is 0 Å². The van der Waals surface area contributed by atoms with Crippen LogP contribution >= 0.6 is 23.4 Å². The van der Waals surface area contributed by atoms with Gasteiger partial charge < -0.3 is 5.32 Å². The van der Waals surface area contributed by atoms with Crippen LogP contribution in [0.2, 0.25) is 5.15 Å². The second kappa shape index (κ2) is 6.82. The Morgan fingerprint density at radius 1 is 1.60 bits per heavy atom. The summed E-state index contributed by atoms with van der Waals surface area (Å²) in [5.41, 5.74) is 0.866. The Balaban J connectivity index is 2.65. The minimum atomic E-state index is 0.509. The number of thioether (sulfide) groups is 1. The highest BCUT2D eigenvalue weighted by atomic mass is 35.5. The molecule has 3 nitrogen and oxygen atoms in total. The third-order valence-electron chi connectivity index (χ3n) is 1.79. The quantitative estimate of drug-likeness (QED) is 0.373. The lowest BCUT2D eigenvalue weighted by Crippen LogP contribution is -2.05. The topological polar surface area (TPSA) is 37.8 Å². The van der Waals surface area contributed by atoms with Gasteiger partial charge in [-0.25, -0.2) is 9.97 Å². The van der Waals surface area contributed by atoms with Gasteiger partial charge in [0.1, 0.15) is 5.15 Å². The van der Waals surface area contributed by atoms with E-state index in [0.29, 0.717) is 10.3 Å². The molecule has 1 N–H and O–H groups in total. The summed E-state index contributed by atoms with van der Waals surface area (Å²) >= 11 is 7.47. The van der Waals surface area contributed by atoms with Crippen LogP contribution in [0.1, 0.15) is 12.0 Å². The van der Waals surface area contributed by atoms with Crippen LogP contribution in [-0.4, -0.2) is 29.8 Å². The summed E-state index contributed by atoms with van der Waals surface area (Å²) in [6.45, 7) is 0.956. The molecule has 5 heteroatoms. The first-order valence-corrected chi connectivity index (χ1v) is 6.26. The van der Waals surface area contributed by atoms with E-state index in [0.717, 1.165) is 18.5 Å². The predicted molar refractivity (Wildman–Crippen MR) is 66.4 cm³/mol. The van der Waals surface area contributed by atoms with Gasteiger partial charge in [-0.2, -0.15) is 0 Å². The molecule has 0 aliphatic rings. The minimum Gasteiger partial charge on any atom is -0.319 e. The molecule has 1 rings (SSSR count). The zero-order chi connectivity index (χ0) is 11.1. The molecule has 0 saturated heterocycles. The van der Waals surface area contributed by atoms with Crippen molar-refractivity contribution in [3.05, 3.63) is 23.0 Å². The van der Waals surface area contributed by atoms with Crippen molar-refractivity contribution in [1.82, 2.24) is 15.3 Å². The maximum atomic E-state index is 5.99. The molecule has 0 spiro atoms. The lowest BCUT2D eigenvalue weighted by atomic mass is 10.3. The summed E-state index contributed by atoms with van der Waals surface area (Å²) in [5, 5.41) is 4.28. The maximum absolute atomic E-state index is 5.99. The smallest absolute Gasteiger partial charge is 0.188 e. The summed E-state index contributed by atoms with van der Waals surface area (Å²) in [6, 6.07) is 0. The Hall–Kier alpha value is -0.580. The van der Waals surface area contributed by atoms with E-state index < -0.39 is 0 Å². The molecule has 0 amide bonds. The normalized spacial score (nSPS) is 11.1. The molecule has 0 unspecified atom stereocenters. The van der Waals surface area contributed by atoms with Crippen molar-refractivity contribution in [2.24, 2.45) is 0 Å². The highest BCUT2D eigenvalue weighted by Gasteiger charge is 2.00. The number of halogens is 1. The lowest BCUT2D eigenvalue weighted by molar-refractivity contribution is 0.809. The highest BCUT2D eigenvalue weighted by molar-refractivity contribution is 7.98. The summed E-state index contributed by atoms with van der Waals surface area (Å²) in [5.74, 6) is 0. The van der Waals surface area contributed by atoms with E-state index in [1.807, 2.05) is 19.4 Å². The number of hydrogen-bond donors (Lipinski definition) is 1. The van der Waals surface area contributed by atoms with Gasteiger partial charge in [0.05, 0.1) is 0 Å². The Bertz CT molecular complexity index is 341. The second-order valence-corrected chi connectivity index (χ2v) is 4.03. The van der Waals surface area contributed by atoms with Crippen LogP contribution in [0, 0.1) is 0 Å². The third-order valence-corrected chi connectivity index (χ3v) is 2.65. The van der Waals surface area contributed by atoms with Crippen molar-refractivity contribution in [3.63, 3.8) is 0 Å². The van der Waals surface area contributed by atoms with E-state index in [1.165, 1.54) is 11.8 Å². The van der Waals surface area contributed by atoms with E-state index >= 15 is 0 Å². The van der Waals surface area contributed by atoms with Crippen LogP contribution in [0.4, 0.5) is 0 Å². The van der Waals surface area contributed by atoms with Gasteiger partial charge in [-0.3, -0.25) is 0 Å². The number of aromatic nitrogens is 2. The standard InChI is InChI=1S/C10H14ClN3S/c1-12-6-4-3-5-8-7-13-10(15-2)14-9(8)11/h3,5,7,12H,4,6H2,1-2H3. The van der Waals surface area contributed by atoms with Gasteiger partial charge in [0.25, 0.3) is 0 Å². The molecule has 0 fully saturated rings. The zero-order valence-electron chi connectivity index (χ0n) is 8.83. The van der Waals surface area contributed by atoms with E-state index in [-0.39, 0.29) is 0 Å². The van der Waals surface area contributed by atoms with Gasteiger partial charge >= 0.3 is 0 Å². The molecule has 0 aromatic carbocycles. The molecule has 0 aliphatic heterocycles. The molecule has 0 atom stereocenters. The molecule has 0 radical (unpaired) electrons. The van der Waals surface area contributed by atoms with Crippen molar-refractivity contribution in [1.29, 1.82) is 0 Å². The summed E-state index contributed by atoms with van der Waals surface area (Å²) in [7, 11) is 1.93. The van der Waals surface area contributed by atoms with Gasteiger partial charge in [-0.1, -0.05) is 35.5 Å². The molecule has 82 valence electrons. The molecular weight excluding hydrogens is 230 g/mol. The predicted octanol–water partition coefficient (Wildman–Crippen LogP) is 2.47. The monoisotopic (exact) mass is 243 g/mol. The average Bonchev–Trinajstić information content (AvgIpc) is 2.26. The second-order valence-electron chi connectivity index (χ2n) is 2.90. The van der Waals surface area contributed by atoms with Crippen LogP contribution in [0.15, 0.2) is 17.4 Å². The van der Waals surface area contributed by atoms with Crippen LogP contribution in [0.3, 0.4) is 0 Å². The third kappa shape index (κ3) is 4.20. The fourth-order valence-corrected chi connectivity index (χ4v) is 1.59. The fraction of sp³-hybridized carbons (Fsp3) is 0.400. The van der Waals surface area contributed by atoms with Gasteiger partial charge in [0.2, 0.25) is 0 Å². The van der Waals surface area contributed by atoms with E-state index in [9.17, 15) is 0 Å². The summed E-state index contributed by atoms with van der Waals surface area (Å²) < 4.78 is 0. The SMILES string of the molecule is CNCCC=Cc1cnc(SC)nc1Cl. The summed E-state index contributed by atoms with van der Waals surface area (Å²) in [6.07, 6.45) is 8.64. The minimum absolute atomic E-state index is 0.509. The lowest BCUT2D eigenvalue weighted by Gasteiger charge is -1.99. The van der Waals surface area contributed by atoms with Crippen molar-refractivity contribution >= 4 is 29.4 Å². The first kappa shape index (κ1) is 12.5. The maximum Gasteiger partial charge on any atom is 0.188 e. The first-order valence-electron chi connectivity index (χ1n) is 4.65. The van der Waals surface area contributed by atoms with Gasteiger partial charge in [-0.15, -0.1) is 0 Å². The van der Waals surface area contributed by atoms with Gasteiger partial charge in [0.15, 0.2) is 5.16 Å². The van der Waals surface area contributed by atoms with E-state index in [1.54, 1.807) is 6.20 Å². The van der Waals surface area contributed by atoms with Crippen molar-refractivity contribution in [2.45, 2.75) is 11.6 Å². The Labute approximate surface area is 99.3 Å². The van der Waals surface area contributed by atoms with Crippen LogP contribution in [0.5, 0.6) is 0 Å². The molecule has 0 aliphatic carbocycles. The average molecular weight is 244 g/mol. The Kier molecular flexibility index (Phi) is 5.68. The van der Waals surface area contributed by atoms with E-state index in [4.69, 9.17) is 11.6 Å². The fourth-order valence-electron chi connectivity index (χ4n) is 1.00. The Morgan fingerprint density at radius 2 is 2.40 bits per heavy atom. The number of hydrogen-bond acceptors (Lipinski definition) is 4. The summed E-state index contributed by atoms with van der Waals surface area (Å²) in [4.78, 5) is 8.30. The molecule has 1 aromatic heterocycles. The van der Waals surface area contributed by atoms with Crippen LogP contribution < -0.4 is 5.32 Å². The number of nitrogens with zero attached hydrogens (tertiary/aromatic N) is 2. The van der Waals surface area contributed by atoms with Crippen LogP contribution in [0.25, 0.3) is 6.08 Å². The zero-order valence-corrected chi connectivity index (χ0v) is 10.4. The van der Waals surface area contributed by atoms with E-state index in [2.05, 4.69) is 21.4 Å². The molecule has 0 bridgehead atoms. The molecule has 15 heavy (non-hydrogen) atoms. The highest BCUT2D eigenvalue weighted by Crippen LogP contribution is 2.17. The molecule has 1 heterocycles. The van der Waals surface area contributed by atoms with Gasteiger partial charge in [-0.05, 0) is 26.3 Å². The van der Waals surface area contributed by atoms with Crippen molar-refractivity contribution in [2.75, 3.05) is 19.8 Å². The molecular formula is C10H14ClN3S. The van der Waals surface area contributed by atoms with Crippen molar-refractivity contribution < 1.29 is 0 Å². The first-order chi connectivity index (χ1) is 7.27. The van der Waals surface area contributed by atoms with Gasteiger partial charge in [0, 0.05) is 11.8 Å².